The van der Waals surface area contributed by atoms with Crippen LogP contribution < -0.4 is 9.80 Å². The molecule has 0 unspecified atom stereocenters. The number of hydrogen-bond acceptors (Lipinski definition) is 2. The Morgan fingerprint density at radius 1 is 0.391 bits per heavy atom. The molecule has 46 heavy (non-hydrogen) atoms. The molecule has 0 aliphatic rings. The maximum atomic E-state index is 2.45. The van der Waals surface area contributed by atoms with E-state index in [1.54, 1.807) is 0 Å². The molecule has 0 N–H and O–H groups in total. The van der Waals surface area contributed by atoms with Gasteiger partial charge in [0.1, 0.15) is 0 Å². The first kappa shape index (κ1) is 30.4. The monoisotopic (exact) mass is 596 g/mol. The molecular weight excluding hydrogens is 556 g/mol. The molecule has 0 amide bonds. The summed E-state index contributed by atoms with van der Waals surface area (Å²) in [4.78, 5) is 4.59. The van der Waals surface area contributed by atoms with E-state index >= 15 is 0 Å². The van der Waals surface area contributed by atoms with E-state index in [2.05, 4.69) is 206 Å². The van der Waals surface area contributed by atoms with Gasteiger partial charge in [0, 0.05) is 38.6 Å². The molecule has 0 aromatic heterocycles. The molecule has 6 aromatic carbocycles. The largest absolute Gasteiger partial charge is 0.378 e. The Morgan fingerprint density at radius 2 is 0.717 bits per heavy atom. The summed E-state index contributed by atoms with van der Waals surface area (Å²) in [7, 11) is 4.16. The highest BCUT2D eigenvalue weighted by Crippen LogP contribution is 2.31. The van der Waals surface area contributed by atoms with Gasteiger partial charge in [-0.25, -0.2) is 0 Å². The molecule has 6 rings (SSSR count). The van der Waals surface area contributed by atoms with Crippen LogP contribution in [0.1, 0.15) is 33.4 Å². The van der Waals surface area contributed by atoms with Gasteiger partial charge in [-0.15, -0.1) is 0 Å². The lowest BCUT2D eigenvalue weighted by Crippen LogP contribution is -2.22. The minimum absolute atomic E-state index is 0.837. The molecule has 0 fully saturated rings. The molecule has 0 heterocycles. The van der Waals surface area contributed by atoms with Crippen LogP contribution >= 0.6 is 0 Å². The SMILES string of the molecule is CN(C)c1ccc(/C(=C/C=C(c2ccccc2)c2ccccc2)c2ccc(N(Cc3ccccc3)Cc3ccccc3)cc2)cc1. The van der Waals surface area contributed by atoms with Gasteiger partial charge in [0.2, 0.25) is 0 Å². The first-order valence-electron chi connectivity index (χ1n) is 15.9. The highest BCUT2D eigenvalue weighted by Gasteiger charge is 2.12. The fraction of sp³-hybridized carbons (Fsp3) is 0.0909. The van der Waals surface area contributed by atoms with E-state index in [1.807, 2.05) is 0 Å². The van der Waals surface area contributed by atoms with Crippen molar-refractivity contribution in [3.05, 3.63) is 215 Å². The highest BCUT2D eigenvalue weighted by atomic mass is 15.1. The van der Waals surface area contributed by atoms with Gasteiger partial charge < -0.3 is 9.80 Å². The van der Waals surface area contributed by atoms with Crippen molar-refractivity contribution in [1.29, 1.82) is 0 Å². The molecule has 0 saturated heterocycles. The van der Waals surface area contributed by atoms with Crippen LogP contribution in [0.3, 0.4) is 0 Å². The summed E-state index contributed by atoms with van der Waals surface area (Å²) < 4.78 is 0. The molecule has 0 aliphatic heterocycles. The second kappa shape index (κ2) is 14.9. The first-order chi connectivity index (χ1) is 22.6. The molecule has 0 radical (unpaired) electrons. The Bertz CT molecular complexity index is 1770. The van der Waals surface area contributed by atoms with Crippen LogP contribution in [0.15, 0.2) is 182 Å². The third-order valence-electron chi connectivity index (χ3n) is 8.26. The van der Waals surface area contributed by atoms with Crippen LogP contribution in [0.25, 0.3) is 11.1 Å². The topological polar surface area (TPSA) is 6.48 Å². The lowest BCUT2D eigenvalue weighted by molar-refractivity contribution is 0.800. The second-order valence-corrected chi connectivity index (χ2v) is 11.7. The Hall–Kier alpha value is -5.60. The van der Waals surface area contributed by atoms with Crippen molar-refractivity contribution in [2.24, 2.45) is 0 Å². The predicted octanol–water partition coefficient (Wildman–Crippen LogP) is 10.5. The molecule has 0 aliphatic carbocycles. The number of anilines is 2. The first-order valence-corrected chi connectivity index (χ1v) is 15.9. The summed E-state index contributed by atoms with van der Waals surface area (Å²) in [5, 5.41) is 0. The van der Waals surface area contributed by atoms with E-state index in [9.17, 15) is 0 Å². The smallest absolute Gasteiger partial charge is 0.0433 e. The summed E-state index contributed by atoms with van der Waals surface area (Å²) in [5.41, 5.74) is 12.1. The van der Waals surface area contributed by atoms with Gasteiger partial charge in [-0.1, -0.05) is 158 Å². The molecule has 6 aromatic rings. The summed E-state index contributed by atoms with van der Waals surface area (Å²) in [5.74, 6) is 0. The quantitative estimate of drug-likeness (QED) is 0.137. The molecule has 2 nitrogen and oxygen atoms in total. The van der Waals surface area contributed by atoms with E-state index in [1.165, 1.54) is 55.9 Å². The molecule has 0 atom stereocenters. The van der Waals surface area contributed by atoms with Crippen LogP contribution in [0, 0.1) is 0 Å². The van der Waals surface area contributed by atoms with Crippen molar-refractivity contribution in [3.63, 3.8) is 0 Å². The van der Waals surface area contributed by atoms with E-state index in [-0.39, 0.29) is 0 Å². The number of hydrogen-bond donors (Lipinski definition) is 0. The Balaban J connectivity index is 1.40. The molecule has 0 bridgehead atoms. The van der Waals surface area contributed by atoms with Crippen molar-refractivity contribution in [2.45, 2.75) is 13.1 Å². The Morgan fingerprint density at radius 3 is 1.09 bits per heavy atom. The predicted molar refractivity (Wildman–Crippen MR) is 197 cm³/mol. The lowest BCUT2D eigenvalue weighted by atomic mass is 9.93. The van der Waals surface area contributed by atoms with Crippen LogP contribution in [0.4, 0.5) is 11.4 Å². The fourth-order valence-corrected chi connectivity index (χ4v) is 5.76. The molecular formula is C44H40N2. The van der Waals surface area contributed by atoms with E-state index in [0.717, 1.165) is 13.1 Å². The zero-order valence-electron chi connectivity index (χ0n) is 26.6. The van der Waals surface area contributed by atoms with Crippen LogP contribution in [0.5, 0.6) is 0 Å². The van der Waals surface area contributed by atoms with Crippen molar-refractivity contribution in [3.8, 4) is 0 Å². The van der Waals surface area contributed by atoms with Gasteiger partial charge in [-0.2, -0.15) is 0 Å². The maximum absolute atomic E-state index is 2.45. The van der Waals surface area contributed by atoms with Gasteiger partial charge in [-0.05, 0) is 68.8 Å². The third kappa shape index (κ3) is 7.72. The third-order valence-corrected chi connectivity index (χ3v) is 8.26. The van der Waals surface area contributed by atoms with Crippen molar-refractivity contribution in [2.75, 3.05) is 23.9 Å². The number of rotatable bonds is 11. The van der Waals surface area contributed by atoms with E-state index in [0.29, 0.717) is 0 Å². The highest BCUT2D eigenvalue weighted by molar-refractivity contribution is 5.86. The molecule has 226 valence electrons. The van der Waals surface area contributed by atoms with Gasteiger partial charge in [0.25, 0.3) is 0 Å². The average molecular weight is 597 g/mol. The van der Waals surface area contributed by atoms with Crippen molar-refractivity contribution < 1.29 is 0 Å². The summed E-state index contributed by atoms with van der Waals surface area (Å²) in [6.07, 6.45) is 4.55. The van der Waals surface area contributed by atoms with Crippen LogP contribution in [-0.4, -0.2) is 14.1 Å². The normalized spacial score (nSPS) is 11.1. The lowest BCUT2D eigenvalue weighted by Gasteiger charge is -2.26. The summed E-state index contributed by atoms with van der Waals surface area (Å²) in [6, 6.07) is 60.6. The fourth-order valence-electron chi connectivity index (χ4n) is 5.76. The summed E-state index contributed by atoms with van der Waals surface area (Å²) >= 11 is 0. The second-order valence-electron chi connectivity index (χ2n) is 11.7. The zero-order valence-corrected chi connectivity index (χ0v) is 26.6. The Labute approximate surface area is 274 Å². The van der Waals surface area contributed by atoms with Crippen LogP contribution in [0.2, 0.25) is 0 Å². The molecule has 0 saturated carbocycles. The van der Waals surface area contributed by atoms with Gasteiger partial charge in [-0.3, -0.25) is 0 Å². The summed E-state index contributed by atoms with van der Waals surface area (Å²) in [6.45, 7) is 1.67. The zero-order chi connectivity index (χ0) is 31.6. The maximum Gasteiger partial charge on any atom is 0.0433 e. The van der Waals surface area contributed by atoms with Crippen LogP contribution in [-0.2, 0) is 13.1 Å². The number of nitrogens with zero attached hydrogens (tertiary/aromatic N) is 2. The minimum Gasteiger partial charge on any atom is -0.378 e. The van der Waals surface area contributed by atoms with Gasteiger partial charge in [0.15, 0.2) is 0 Å². The van der Waals surface area contributed by atoms with Gasteiger partial charge >= 0.3 is 0 Å². The van der Waals surface area contributed by atoms with Crippen molar-refractivity contribution >= 4 is 22.5 Å². The standard InChI is InChI=1S/C44H40N2/c1-45(2)41-27-23-39(24-28-41)44(32-31-43(37-19-11-5-12-20-37)38-21-13-6-14-22-38)40-25-29-42(30-26-40)46(33-35-15-7-3-8-16-35)34-36-17-9-4-10-18-36/h3-32H,33-34H2,1-2H3/b44-32-. The van der Waals surface area contributed by atoms with E-state index in [4.69, 9.17) is 0 Å². The average Bonchev–Trinajstić information content (AvgIpc) is 3.12. The van der Waals surface area contributed by atoms with E-state index < -0.39 is 0 Å². The number of allylic oxidation sites excluding steroid dienone is 2. The minimum atomic E-state index is 0.837. The number of benzene rings is 6. The Kier molecular flexibility index (Phi) is 9.87. The van der Waals surface area contributed by atoms with Crippen molar-refractivity contribution in [1.82, 2.24) is 0 Å². The molecule has 2 heteroatoms. The molecule has 0 spiro atoms. The van der Waals surface area contributed by atoms with Gasteiger partial charge in [0.05, 0.1) is 0 Å².